The predicted octanol–water partition coefficient (Wildman–Crippen LogP) is 2.45. The largest absolute Gasteiger partial charge is 0.475 e. The van der Waals surface area contributed by atoms with E-state index in [4.69, 9.17) is 14.2 Å². The Hall–Kier alpha value is -1.52. The molecule has 1 rings (SSSR count). The molecule has 17 heavy (non-hydrogen) atoms. The first-order valence-corrected chi connectivity index (χ1v) is 5.86. The Morgan fingerprint density at radius 1 is 1.00 bits per heavy atom. The first-order chi connectivity index (χ1) is 8.01. The first-order valence-electron chi connectivity index (χ1n) is 5.86. The highest BCUT2D eigenvalue weighted by molar-refractivity contribution is 5.23. The van der Waals surface area contributed by atoms with E-state index in [-0.39, 0.29) is 18.2 Å². The highest BCUT2D eigenvalue weighted by Gasteiger charge is 2.09. The van der Waals surface area contributed by atoms with Gasteiger partial charge in [-0.25, -0.2) is 0 Å². The molecular weight excluding hydrogens is 220 g/mol. The van der Waals surface area contributed by atoms with E-state index in [9.17, 15) is 0 Å². The van der Waals surface area contributed by atoms with Crippen molar-refractivity contribution in [1.29, 1.82) is 0 Å². The minimum Gasteiger partial charge on any atom is -0.475 e. The third-order valence-corrected chi connectivity index (χ3v) is 1.64. The standard InChI is InChI=1S/C12H20N2O3/c1-6-15-12-13-10(16-8(2)3)7-11(14-12)17-9(4)5/h7-9H,6H2,1-5H3. The van der Waals surface area contributed by atoms with Crippen LogP contribution in [0.25, 0.3) is 0 Å². The van der Waals surface area contributed by atoms with Crippen molar-refractivity contribution in [3.8, 4) is 17.8 Å². The maximum Gasteiger partial charge on any atom is 0.323 e. The molecule has 5 nitrogen and oxygen atoms in total. The summed E-state index contributed by atoms with van der Waals surface area (Å²) in [6, 6.07) is 1.95. The Morgan fingerprint density at radius 3 is 1.82 bits per heavy atom. The van der Waals surface area contributed by atoms with Crippen LogP contribution in [0.2, 0.25) is 0 Å². The highest BCUT2D eigenvalue weighted by Crippen LogP contribution is 2.21. The van der Waals surface area contributed by atoms with Crippen LogP contribution in [0.1, 0.15) is 34.6 Å². The number of nitrogens with zero attached hydrogens (tertiary/aromatic N) is 2. The molecule has 0 unspecified atom stereocenters. The number of ether oxygens (including phenoxy) is 3. The second-order valence-corrected chi connectivity index (χ2v) is 4.09. The minimum absolute atomic E-state index is 0.0475. The summed E-state index contributed by atoms with van der Waals surface area (Å²) >= 11 is 0. The van der Waals surface area contributed by atoms with Crippen LogP contribution in [0.4, 0.5) is 0 Å². The highest BCUT2D eigenvalue weighted by atomic mass is 16.5. The molecule has 0 bridgehead atoms. The zero-order valence-corrected chi connectivity index (χ0v) is 11.1. The van der Waals surface area contributed by atoms with Crippen molar-refractivity contribution in [3.05, 3.63) is 6.07 Å². The van der Waals surface area contributed by atoms with Gasteiger partial charge in [-0.3, -0.25) is 0 Å². The molecule has 0 atom stereocenters. The van der Waals surface area contributed by atoms with Crippen molar-refractivity contribution in [3.63, 3.8) is 0 Å². The molecule has 96 valence electrons. The number of aromatic nitrogens is 2. The predicted molar refractivity (Wildman–Crippen MR) is 64.7 cm³/mol. The fourth-order valence-electron chi connectivity index (χ4n) is 1.18. The lowest BCUT2D eigenvalue weighted by Gasteiger charge is -2.13. The van der Waals surface area contributed by atoms with Crippen LogP contribution >= 0.6 is 0 Å². The molecule has 0 saturated carbocycles. The summed E-state index contributed by atoms with van der Waals surface area (Å²) in [6.07, 6.45) is 0.0950. The zero-order valence-electron chi connectivity index (χ0n) is 11.1. The third kappa shape index (κ3) is 4.89. The van der Waals surface area contributed by atoms with Gasteiger partial charge in [0.2, 0.25) is 11.8 Å². The average molecular weight is 240 g/mol. The summed E-state index contributed by atoms with van der Waals surface area (Å²) in [5, 5.41) is 0. The van der Waals surface area contributed by atoms with Crippen LogP contribution in [0, 0.1) is 0 Å². The normalized spacial score (nSPS) is 10.8. The number of hydrogen-bond donors (Lipinski definition) is 0. The average Bonchev–Trinajstić information content (AvgIpc) is 2.14. The van der Waals surface area contributed by atoms with Gasteiger partial charge < -0.3 is 14.2 Å². The summed E-state index contributed by atoms with van der Waals surface area (Å²) in [6.45, 7) is 10.1. The molecular formula is C12H20N2O3. The van der Waals surface area contributed by atoms with E-state index >= 15 is 0 Å². The molecule has 0 fully saturated rings. The lowest BCUT2D eigenvalue weighted by Crippen LogP contribution is -2.11. The lowest BCUT2D eigenvalue weighted by molar-refractivity contribution is 0.206. The van der Waals surface area contributed by atoms with E-state index in [1.807, 2.05) is 34.6 Å². The van der Waals surface area contributed by atoms with Crippen LogP contribution in [0.3, 0.4) is 0 Å². The molecule has 5 heteroatoms. The van der Waals surface area contributed by atoms with Gasteiger partial charge in [0.15, 0.2) is 0 Å². The maximum atomic E-state index is 5.51. The smallest absolute Gasteiger partial charge is 0.323 e. The van der Waals surface area contributed by atoms with E-state index in [0.29, 0.717) is 18.4 Å². The van der Waals surface area contributed by atoms with Crippen LogP contribution in [0.15, 0.2) is 6.07 Å². The second-order valence-electron chi connectivity index (χ2n) is 4.09. The van der Waals surface area contributed by atoms with E-state index in [1.54, 1.807) is 6.07 Å². The summed E-state index contributed by atoms with van der Waals surface area (Å²) in [5.74, 6) is 0.934. The van der Waals surface area contributed by atoms with Gasteiger partial charge in [-0.1, -0.05) is 0 Å². The van der Waals surface area contributed by atoms with E-state index in [1.165, 1.54) is 0 Å². The van der Waals surface area contributed by atoms with Crippen molar-refractivity contribution >= 4 is 0 Å². The third-order valence-electron chi connectivity index (χ3n) is 1.64. The van der Waals surface area contributed by atoms with Crippen molar-refractivity contribution in [2.75, 3.05) is 6.61 Å². The van der Waals surface area contributed by atoms with Gasteiger partial charge in [-0.05, 0) is 34.6 Å². The quantitative estimate of drug-likeness (QED) is 0.764. The van der Waals surface area contributed by atoms with Crippen molar-refractivity contribution in [2.45, 2.75) is 46.8 Å². The molecule has 0 aromatic carbocycles. The van der Waals surface area contributed by atoms with Crippen LogP contribution in [-0.2, 0) is 0 Å². The summed E-state index contributed by atoms with van der Waals surface area (Å²) in [5.41, 5.74) is 0. The Kier molecular flexibility index (Phi) is 5.00. The molecule has 0 aliphatic rings. The summed E-state index contributed by atoms with van der Waals surface area (Å²) < 4.78 is 16.3. The molecule has 0 saturated heterocycles. The van der Waals surface area contributed by atoms with Gasteiger partial charge in [0.05, 0.1) is 24.9 Å². The SMILES string of the molecule is CCOc1nc(OC(C)C)cc(OC(C)C)n1. The fourth-order valence-corrected chi connectivity index (χ4v) is 1.18. The monoisotopic (exact) mass is 240 g/mol. The van der Waals surface area contributed by atoms with Crippen LogP contribution in [-0.4, -0.2) is 28.8 Å². The van der Waals surface area contributed by atoms with Crippen molar-refractivity contribution in [1.82, 2.24) is 9.97 Å². The molecule has 0 radical (unpaired) electrons. The zero-order chi connectivity index (χ0) is 12.8. The first kappa shape index (κ1) is 13.5. The number of rotatable bonds is 6. The van der Waals surface area contributed by atoms with E-state index in [0.717, 1.165) is 0 Å². The van der Waals surface area contributed by atoms with Gasteiger partial charge in [-0.2, -0.15) is 9.97 Å². The maximum absolute atomic E-state index is 5.51. The van der Waals surface area contributed by atoms with Gasteiger partial charge in [0.1, 0.15) is 0 Å². The lowest BCUT2D eigenvalue weighted by atomic mass is 10.4. The summed E-state index contributed by atoms with van der Waals surface area (Å²) in [7, 11) is 0. The molecule has 0 spiro atoms. The molecule has 1 heterocycles. The molecule has 1 aromatic rings. The Balaban J connectivity index is 2.91. The Morgan fingerprint density at radius 2 is 1.47 bits per heavy atom. The van der Waals surface area contributed by atoms with Gasteiger partial charge in [0, 0.05) is 0 Å². The molecule has 0 aliphatic heterocycles. The second kappa shape index (κ2) is 6.27. The topological polar surface area (TPSA) is 53.5 Å². The summed E-state index contributed by atoms with van der Waals surface area (Å²) in [4.78, 5) is 8.27. The molecule has 0 amide bonds. The minimum atomic E-state index is 0.0475. The van der Waals surface area contributed by atoms with Crippen molar-refractivity contribution in [2.24, 2.45) is 0 Å². The van der Waals surface area contributed by atoms with Gasteiger partial charge in [0.25, 0.3) is 0 Å². The molecule has 0 N–H and O–H groups in total. The van der Waals surface area contributed by atoms with Crippen molar-refractivity contribution < 1.29 is 14.2 Å². The van der Waals surface area contributed by atoms with E-state index < -0.39 is 0 Å². The molecule has 1 aromatic heterocycles. The number of hydrogen-bond acceptors (Lipinski definition) is 5. The van der Waals surface area contributed by atoms with Crippen LogP contribution < -0.4 is 14.2 Å². The fraction of sp³-hybridized carbons (Fsp3) is 0.667. The molecule has 0 aliphatic carbocycles. The Labute approximate surface area is 102 Å². The van der Waals surface area contributed by atoms with Gasteiger partial charge >= 0.3 is 6.01 Å². The van der Waals surface area contributed by atoms with Gasteiger partial charge in [-0.15, -0.1) is 0 Å². The Bertz CT molecular complexity index is 325. The van der Waals surface area contributed by atoms with E-state index in [2.05, 4.69) is 9.97 Å². The van der Waals surface area contributed by atoms with Crippen LogP contribution in [0.5, 0.6) is 17.8 Å².